The first-order valence-electron chi connectivity index (χ1n) is 8.98. The number of hydrogen-bond acceptors (Lipinski definition) is 2. The highest BCUT2D eigenvalue weighted by molar-refractivity contribution is 6.18. The molecule has 26 heavy (non-hydrogen) atoms. The standard InChI is InChI=1S/C22H24FN3/c1-13-10-11-18-16(12-24-26(18)14(13)2)20-15-8-7-9-17(23)19(15)21(3,4)22(5,6)25-20/h7-12H,1-6H3. The highest BCUT2D eigenvalue weighted by Crippen LogP contribution is 2.45. The number of rotatable bonds is 1. The lowest BCUT2D eigenvalue weighted by molar-refractivity contribution is 0.294. The molecule has 0 N–H and O–H groups in total. The minimum atomic E-state index is -0.439. The molecule has 3 aromatic rings. The number of aryl methyl sites for hydroxylation is 2. The van der Waals surface area contributed by atoms with Crippen molar-refractivity contribution in [2.75, 3.05) is 0 Å². The van der Waals surface area contributed by atoms with Crippen molar-refractivity contribution in [3.63, 3.8) is 0 Å². The van der Waals surface area contributed by atoms with Gasteiger partial charge in [-0.2, -0.15) is 5.10 Å². The summed E-state index contributed by atoms with van der Waals surface area (Å²) in [5.74, 6) is -0.170. The van der Waals surface area contributed by atoms with Gasteiger partial charge in [-0.1, -0.05) is 32.0 Å². The number of halogens is 1. The second kappa shape index (κ2) is 5.26. The molecule has 1 aromatic carbocycles. The monoisotopic (exact) mass is 349 g/mol. The molecule has 0 saturated heterocycles. The van der Waals surface area contributed by atoms with E-state index in [1.807, 2.05) is 16.8 Å². The van der Waals surface area contributed by atoms with Crippen molar-refractivity contribution < 1.29 is 4.39 Å². The highest BCUT2D eigenvalue weighted by Gasteiger charge is 2.45. The Hall–Kier alpha value is -2.49. The van der Waals surface area contributed by atoms with Crippen LogP contribution in [0.5, 0.6) is 0 Å². The van der Waals surface area contributed by atoms with Crippen LogP contribution in [0, 0.1) is 19.7 Å². The summed E-state index contributed by atoms with van der Waals surface area (Å²) < 4.78 is 16.8. The van der Waals surface area contributed by atoms with Crippen molar-refractivity contribution in [2.45, 2.75) is 52.5 Å². The maximum absolute atomic E-state index is 14.9. The lowest BCUT2D eigenvalue weighted by Gasteiger charge is -2.44. The molecule has 0 atom stereocenters. The Labute approximate surface area is 153 Å². The summed E-state index contributed by atoms with van der Waals surface area (Å²) in [5.41, 5.74) is 5.80. The summed E-state index contributed by atoms with van der Waals surface area (Å²) >= 11 is 0. The second-order valence-corrected chi connectivity index (χ2v) is 8.26. The fourth-order valence-electron chi connectivity index (χ4n) is 3.81. The van der Waals surface area contributed by atoms with Gasteiger partial charge in [-0.05, 0) is 45.4 Å². The van der Waals surface area contributed by atoms with Crippen LogP contribution in [0.4, 0.5) is 4.39 Å². The van der Waals surface area contributed by atoms with Crippen molar-refractivity contribution >= 4 is 11.2 Å². The SMILES string of the molecule is Cc1ccc2c(C3=NC(C)(C)C(C)(C)c4c(F)cccc43)cnn2c1C. The third-order valence-electron chi connectivity index (χ3n) is 6.26. The van der Waals surface area contributed by atoms with Crippen LogP contribution in [0.3, 0.4) is 0 Å². The summed E-state index contributed by atoms with van der Waals surface area (Å²) in [6, 6.07) is 9.45. The first kappa shape index (κ1) is 17.0. The van der Waals surface area contributed by atoms with Gasteiger partial charge in [0, 0.05) is 27.8 Å². The summed E-state index contributed by atoms with van der Waals surface area (Å²) in [5, 5.41) is 4.58. The normalized spacial score (nSPS) is 17.9. The summed E-state index contributed by atoms with van der Waals surface area (Å²) in [4.78, 5) is 5.09. The Morgan fingerprint density at radius 2 is 1.69 bits per heavy atom. The quantitative estimate of drug-likeness (QED) is 0.608. The van der Waals surface area contributed by atoms with E-state index in [1.54, 1.807) is 12.1 Å². The number of benzene rings is 1. The number of fused-ring (bicyclic) bond motifs is 2. The van der Waals surface area contributed by atoms with E-state index in [-0.39, 0.29) is 5.82 Å². The minimum absolute atomic E-state index is 0.170. The summed E-state index contributed by atoms with van der Waals surface area (Å²) in [6.07, 6.45) is 1.85. The first-order valence-corrected chi connectivity index (χ1v) is 8.98. The van der Waals surface area contributed by atoms with Gasteiger partial charge in [0.05, 0.1) is 23.0 Å². The number of aromatic nitrogens is 2. The fraction of sp³-hybridized carbons (Fsp3) is 0.364. The van der Waals surface area contributed by atoms with Gasteiger partial charge in [-0.25, -0.2) is 8.91 Å². The van der Waals surface area contributed by atoms with Crippen LogP contribution < -0.4 is 0 Å². The zero-order valence-corrected chi connectivity index (χ0v) is 16.2. The zero-order chi connectivity index (χ0) is 18.9. The topological polar surface area (TPSA) is 29.7 Å². The van der Waals surface area contributed by atoms with Crippen molar-refractivity contribution in [3.8, 4) is 0 Å². The van der Waals surface area contributed by atoms with Crippen LogP contribution in [0.15, 0.2) is 41.5 Å². The first-order chi connectivity index (χ1) is 12.1. The molecule has 1 aliphatic heterocycles. The summed E-state index contributed by atoms with van der Waals surface area (Å²) in [7, 11) is 0. The van der Waals surface area contributed by atoms with Crippen molar-refractivity contribution in [2.24, 2.45) is 4.99 Å². The van der Waals surface area contributed by atoms with Crippen LogP contribution in [-0.4, -0.2) is 20.9 Å². The molecule has 0 bridgehead atoms. The van der Waals surface area contributed by atoms with E-state index >= 15 is 0 Å². The van der Waals surface area contributed by atoms with Crippen LogP contribution in [0.1, 0.15) is 55.6 Å². The molecular formula is C22H24FN3. The molecule has 0 radical (unpaired) electrons. The van der Waals surface area contributed by atoms with E-state index in [9.17, 15) is 4.39 Å². The maximum Gasteiger partial charge on any atom is 0.127 e. The van der Waals surface area contributed by atoms with E-state index in [0.717, 1.165) is 33.6 Å². The average molecular weight is 349 g/mol. The van der Waals surface area contributed by atoms with Crippen molar-refractivity contribution in [1.82, 2.24) is 9.61 Å². The van der Waals surface area contributed by atoms with E-state index in [1.165, 1.54) is 5.56 Å². The third-order valence-corrected chi connectivity index (χ3v) is 6.26. The van der Waals surface area contributed by atoms with E-state index in [4.69, 9.17) is 4.99 Å². The number of hydrogen-bond donors (Lipinski definition) is 0. The second-order valence-electron chi connectivity index (χ2n) is 8.26. The lowest BCUT2D eigenvalue weighted by atomic mass is 9.65. The minimum Gasteiger partial charge on any atom is -0.277 e. The average Bonchev–Trinajstić information content (AvgIpc) is 2.99. The molecule has 3 heterocycles. The van der Waals surface area contributed by atoms with Crippen LogP contribution >= 0.6 is 0 Å². The molecule has 4 rings (SSSR count). The fourth-order valence-corrected chi connectivity index (χ4v) is 3.81. The molecule has 0 spiro atoms. The zero-order valence-electron chi connectivity index (χ0n) is 16.2. The van der Waals surface area contributed by atoms with Crippen LogP contribution in [0.25, 0.3) is 5.52 Å². The van der Waals surface area contributed by atoms with Gasteiger partial charge in [0.25, 0.3) is 0 Å². The van der Waals surface area contributed by atoms with Crippen LogP contribution in [0.2, 0.25) is 0 Å². The molecule has 0 saturated carbocycles. The number of pyridine rings is 1. The number of nitrogens with zero attached hydrogens (tertiary/aromatic N) is 3. The van der Waals surface area contributed by atoms with Gasteiger partial charge in [0.1, 0.15) is 5.82 Å². The van der Waals surface area contributed by atoms with Gasteiger partial charge in [-0.3, -0.25) is 4.99 Å². The number of aliphatic imine (C=N–C) groups is 1. The molecule has 1 aliphatic rings. The van der Waals surface area contributed by atoms with Crippen molar-refractivity contribution in [3.05, 3.63) is 70.3 Å². The highest BCUT2D eigenvalue weighted by atomic mass is 19.1. The van der Waals surface area contributed by atoms with Gasteiger partial charge in [0.15, 0.2) is 0 Å². The Kier molecular flexibility index (Phi) is 3.43. The van der Waals surface area contributed by atoms with Gasteiger partial charge < -0.3 is 0 Å². The van der Waals surface area contributed by atoms with Crippen molar-refractivity contribution in [1.29, 1.82) is 0 Å². The van der Waals surface area contributed by atoms with E-state index in [2.05, 4.69) is 58.8 Å². The summed E-state index contributed by atoms with van der Waals surface area (Å²) in [6.45, 7) is 12.4. The van der Waals surface area contributed by atoms with Crippen LogP contribution in [-0.2, 0) is 5.41 Å². The van der Waals surface area contributed by atoms with E-state index < -0.39 is 11.0 Å². The Morgan fingerprint density at radius 1 is 0.962 bits per heavy atom. The molecule has 4 heteroatoms. The largest absolute Gasteiger partial charge is 0.277 e. The van der Waals surface area contributed by atoms with Gasteiger partial charge >= 0.3 is 0 Å². The molecular weight excluding hydrogens is 325 g/mol. The molecule has 3 nitrogen and oxygen atoms in total. The Morgan fingerprint density at radius 3 is 2.42 bits per heavy atom. The van der Waals surface area contributed by atoms with E-state index in [0.29, 0.717) is 0 Å². The predicted molar refractivity (Wildman–Crippen MR) is 104 cm³/mol. The Balaban J connectivity index is 2.06. The maximum atomic E-state index is 14.9. The Bertz CT molecular complexity index is 1070. The molecule has 134 valence electrons. The third kappa shape index (κ3) is 2.11. The molecule has 0 amide bonds. The molecule has 0 fully saturated rings. The predicted octanol–water partition coefficient (Wildman–Crippen LogP) is 5.00. The lowest BCUT2D eigenvalue weighted by Crippen LogP contribution is -2.46. The smallest absolute Gasteiger partial charge is 0.127 e. The van der Waals surface area contributed by atoms with Gasteiger partial charge in [-0.15, -0.1) is 0 Å². The molecule has 0 aliphatic carbocycles. The molecule has 2 aromatic heterocycles. The van der Waals surface area contributed by atoms with Gasteiger partial charge in [0.2, 0.25) is 0 Å². The molecule has 0 unspecified atom stereocenters.